The van der Waals surface area contributed by atoms with Crippen LogP contribution in [0.5, 0.6) is 0 Å². The number of benzene rings is 3. The van der Waals surface area contributed by atoms with Crippen molar-refractivity contribution >= 4 is 35.0 Å². The highest BCUT2D eigenvalue weighted by atomic mass is 19.1. The van der Waals surface area contributed by atoms with Crippen LogP contribution in [0, 0.1) is 12.7 Å². The Balaban J connectivity index is 1.71. The predicted molar refractivity (Wildman–Crippen MR) is 139 cm³/mol. The molecule has 1 heterocycles. The van der Waals surface area contributed by atoms with Crippen molar-refractivity contribution in [3.8, 4) is 0 Å². The number of amides is 1. The summed E-state index contributed by atoms with van der Waals surface area (Å²) in [6.07, 6.45) is 0.843. The van der Waals surface area contributed by atoms with Crippen molar-refractivity contribution in [2.45, 2.75) is 46.1 Å². The van der Waals surface area contributed by atoms with Gasteiger partial charge in [-0.1, -0.05) is 24.3 Å². The Morgan fingerprint density at radius 1 is 1.00 bits per heavy atom. The third-order valence-corrected chi connectivity index (χ3v) is 5.59. The Bertz CT molecular complexity index is 1460. The first-order valence-corrected chi connectivity index (χ1v) is 11.9. The molecule has 1 aromatic heterocycles. The van der Waals surface area contributed by atoms with E-state index in [1.807, 2.05) is 25.1 Å². The largest absolute Gasteiger partial charge is 0.442 e. The number of halogens is 1. The first kappa shape index (κ1) is 25.8. The van der Waals surface area contributed by atoms with Crippen LogP contribution in [0.4, 0.5) is 15.0 Å². The number of carbonyl (C=O) groups excluding carboxylic acids is 3. The van der Waals surface area contributed by atoms with Crippen LogP contribution in [0.15, 0.2) is 60.7 Å². The zero-order valence-corrected chi connectivity index (χ0v) is 21.2. The lowest BCUT2D eigenvalue weighted by Crippen LogP contribution is -2.27. The summed E-state index contributed by atoms with van der Waals surface area (Å²) in [7, 11) is 0. The third kappa shape index (κ3) is 6.27. The molecule has 3 aromatic carbocycles. The van der Waals surface area contributed by atoms with Gasteiger partial charge in [-0.05, 0) is 92.8 Å². The highest BCUT2D eigenvalue weighted by molar-refractivity contribution is 6.08. The predicted octanol–water partition coefficient (Wildman–Crippen LogP) is 5.85. The van der Waals surface area contributed by atoms with Gasteiger partial charge in [-0.3, -0.25) is 4.79 Å². The molecule has 0 bridgehead atoms. The number of rotatable bonds is 6. The smallest absolute Gasteiger partial charge is 0.435 e. The van der Waals surface area contributed by atoms with E-state index in [4.69, 9.17) is 4.74 Å². The van der Waals surface area contributed by atoms with Crippen molar-refractivity contribution in [2.75, 3.05) is 5.32 Å². The number of nitrogens with one attached hydrogen (secondary N) is 1. The maximum Gasteiger partial charge on any atom is 0.435 e. The van der Waals surface area contributed by atoms with E-state index >= 15 is 0 Å². The maximum absolute atomic E-state index is 13.9. The molecule has 0 unspecified atom stereocenters. The monoisotopic (exact) mass is 501 g/mol. The number of ether oxygens (including phenoxy) is 1. The van der Waals surface area contributed by atoms with E-state index < -0.39 is 17.6 Å². The number of aldehydes is 1. The van der Waals surface area contributed by atoms with Gasteiger partial charge in [0.05, 0.1) is 5.52 Å². The summed E-state index contributed by atoms with van der Waals surface area (Å²) < 4.78 is 20.5. The Hall–Kier alpha value is -4.33. The van der Waals surface area contributed by atoms with Gasteiger partial charge < -0.3 is 14.8 Å². The summed E-state index contributed by atoms with van der Waals surface area (Å²) >= 11 is 0. The van der Waals surface area contributed by atoms with E-state index in [0.717, 1.165) is 33.2 Å². The SMILES string of the molecule is Cc1cc(F)cc(Cc2ccc3c(c2)c(NC(=O)c2ccc(CC=O)cc2)nn3C(=O)OC(C)(C)C)c1. The zero-order chi connectivity index (χ0) is 26.7. The Morgan fingerprint density at radius 2 is 1.70 bits per heavy atom. The van der Waals surface area contributed by atoms with Crippen molar-refractivity contribution in [3.63, 3.8) is 0 Å². The van der Waals surface area contributed by atoms with Gasteiger partial charge >= 0.3 is 6.09 Å². The van der Waals surface area contributed by atoms with Crippen LogP contribution in [0.25, 0.3) is 10.9 Å². The fourth-order valence-electron chi connectivity index (χ4n) is 4.03. The van der Waals surface area contributed by atoms with E-state index in [0.29, 0.717) is 22.9 Å². The van der Waals surface area contributed by atoms with Gasteiger partial charge in [0.2, 0.25) is 0 Å². The summed E-state index contributed by atoms with van der Waals surface area (Å²) in [5, 5.41) is 7.70. The van der Waals surface area contributed by atoms with Crippen molar-refractivity contribution in [3.05, 3.63) is 94.3 Å². The number of anilines is 1. The van der Waals surface area contributed by atoms with Crippen LogP contribution in [0.3, 0.4) is 0 Å². The topological polar surface area (TPSA) is 90.3 Å². The molecule has 0 saturated carbocycles. The minimum absolute atomic E-state index is 0.195. The van der Waals surface area contributed by atoms with Crippen LogP contribution < -0.4 is 5.32 Å². The first-order chi connectivity index (χ1) is 17.5. The molecular formula is C29H28FN3O4. The quantitative estimate of drug-likeness (QED) is 0.335. The molecule has 0 radical (unpaired) electrons. The molecule has 37 heavy (non-hydrogen) atoms. The summed E-state index contributed by atoms with van der Waals surface area (Å²) in [6, 6.07) is 16.9. The van der Waals surface area contributed by atoms with Gasteiger partial charge in [0, 0.05) is 17.4 Å². The van der Waals surface area contributed by atoms with Crippen LogP contribution in [-0.2, 0) is 22.4 Å². The second kappa shape index (κ2) is 10.3. The van der Waals surface area contributed by atoms with E-state index in [1.165, 1.54) is 12.1 Å². The average molecular weight is 502 g/mol. The van der Waals surface area contributed by atoms with Gasteiger partial charge in [-0.25, -0.2) is 9.18 Å². The van der Waals surface area contributed by atoms with Gasteiger partial charge in [0.1, 0.15) is 17.7 Å². The minimum atomic E-state index is -0.739. The first-order valence-electron chi connectivity index (χ1n) is 11.9. The number of hydrogen-bond donors (Lipinski definition) is 1. The summed E-state index contributed by atoms with van der Waals surface area (Å²) in [5.41, 5.74) is 3.37. The van der Waals surface area contributed by atoms with E-state index in [-0.39, 0.29) is 18.1 Å². The molecule has 0 fully saturated rings. The molecule has 4 rings (SSSR count). The summed E-state index contributed by atoms with van der Waals surface area (Å²) in [5.74, 6) is -0.527. The summed E-state index contributed by atoms with van der Waals surface area (Å²) in [4.78, 5) is 36.6. The number of fused-ring (bicyclic) bond motifs is 1. The molecule has 0 aliphatic carbocycles. The molecule has 0 saturated heterocycles. The number of aromatic nitrogens is 2. The number of carbonyl (C=O) groups is 3. The average Bonchev–Trinajstić information content (AvgIpc) is 3.16. The lowest BCUT2D eigenvalue weighted by Gasteiger charge is -2.19. The van der Waals surface area contributed by atoms with Gasteiger partial charge in [-0.2, -0.15) is 4.68 Å². The minimum Gasteiger partial charge on any atom is -0.442 e. The highest BCUT2D eigenvalue weighted by Crippen LogP contribution is 2.27. The van der Waals surface area contributed by atoms with Crippen molar-refractivity contribution < 1.29 is 23.5 Å². The Labute approximate surface area is 214 Å². The molecule has 4 aromatic rings. The lowest BCUT2D eigenvalue weighted by molar-refractivity contribution is -0.107. The van der Waals surface area contributed by atoms with E-state index in [2.05, 4.69) is 10.4 Å². The summed E-state index contributed by atoms with van der Waals surface area (Å²) in [6.45, 7) is 7.10. The molecule has 0 aliphatic heterocycles. The van der Waals surface area contributed by atoms with Crippen LogP contribution in [-0.4, -0.2) is 33.7 Å². The Kier molecular flexibility index (Phi) is 7.20. The molecule has 1 amide bonds. The molecule has 0 atom stereocenters. The Morgan fingerprint density at radius 3 is 2.35 bits per heavy atom. The van der Waals surface area contributed by atoms with Crippen LogP contribution in [0.1, 0.15) is 53.4 Å². The molecule has 8 heteroatoms. The van der Waals surface area contributed by atoms with Gasteiger partial charge in [0.15, 0.2) is 5.82 Å². The van der Waals surface area contributed by atoms with Crippen LogP contribution in [0.2, 0.25) is 0 Å². The van der Waals surface area contributed by atoms with Crippen LogP contribution >= 0.6 is 0 Å². The standard InChI is InChI=1S/C29H28FN3O4/c1-18-13-21(16-23(30)14-18)15-20-7-10-25-24(17-20)26(32-33(25)28(36)37-29(2,3)4)31-27(35)22-8-5-19(6-9-22)11-12-34/h5-10,12-14,16-17H,11,15H2,1-4H3,(H,31,32,35). The molecule has 190 valence electrons. The number of aryl methyl sites for hydroxylation is 1. The van der Waals surface area contributed by atoms with Gasteiger partial charge in [0.25, 0.3) is 5.91 Å². The van der Waals surface area contributed by atoms with E-state index in [9.17, 15) is 18.8 Å². The molecule has 1 N–H and O–H groups in total. The van der Waals surface area contributed by atoms with Crippen molar-refractivity contribution in [1.29, 1.82) is 0 Å². The van der Waals surface area contributed by atoms with Crippen molar-refractivity contribution in [1.82, 2.24) is 9.78 Å². The number of hydrogen-bond acceptors (Lipinski definition) is 5. The molecule has 7 nitrogen and oxygen atoms in total. The maximum atomic E-state index is 13.9. The molecule has 0 aliphatic rings. The fraction of sp³-hybridized carbons (Fsp3) is 0.241. The third-order valence-electron chi connectivity index (χ3n) is 5.59. The highest BCUT2D eigenvalue weighted by Gasteiger charge is 2.23. The number of nitrogens with zero attached hydrogens (tertiary/aromatic N) is 2. The fourth-order valence-corrected chi connectivity index (χ4v) is 4.03. The molecular weight excluding hydrogens is 473 g/mol. The van der Waals surface area contributed by atoms with Crippen molar-refractivity contribution in [2.24, 2.45) is 0 Å². The molecule has 0 spiro atoms. The zero-order valence-electron chi connectivity index (χ0n) is 21.2. The van der Waals surface area contributed by atoms with E-state index in [1.54, 1.807) is 51.1 Å². The van der Waals surface area contributed by atoms with Gasteiger partial charge in [-0.15, -0.1) is 5.10 Å². The lowest BCUT2D eigenvalue weighted by atomic mass is 10.0. The normalized spacial score (nSPS) is 11.4. The second-order valence-electron chi connectivity index (χ2n) is 9.93. The second-order valence-corrected chi connectivity index (χ2v) is 9.93.